The SMILES string of the molecule is CCNC(=NCc1ccccn1)NCCCN(C(C)C)C(C)C.I. The number of nitrogens with one attached hydrogen (secondary N) is 2. The molecule has 2 N–H and O–H groups in total. The van der Waals surface area contributed by atoms with E-state index in [0.29, 0.717) is 18.6 Å². The summed E-state index contributed by atoms with van der Waals surface area (Å²) in [5, 5.41) is 6.69. The lowest BCUT2D eigenvalue weighted by Crippen LogP contribution is -2.41. The van der Waals surface area contributed by atoms with Crippen LogP contribution in [0.15, 0.2) is 29.4 Å². The van der Waals surface area contributed by atoms with Gasteiger partial charge in [-0.2, -0.15) is 0 Å². The number of aliphatic imine (C=N–C) groups is 1. The fraction of sp³-hybridized carbons (Fsp3) is 0.667. The molecule has 0 aliphatic heterocycles. The second kappa shape index (κ2) is 13.4. The van der Waals surface area contributed by atoms with Crippen LogP contribution < -0.4 is 10.6 Å². The van der Waals surface area contributed by atoms with Gasteiger partial charge in [0.05, 0.1) is 12.2 Å². The normalized spacial score (nSPS) is 11.8. The van der Waals surface area contributed by atoms with E-state index in [9.17, 15) is 0 Å². The second-order valence-corrected chi connectivity index (χ2v) is 6.22. The predicted molar refractivity (Wildman–Crippen MR) is 114 cm³/mol. The van der Waals surface area contributed by atoms with Crippen LogP contribution in [0.3, 0.4) is 0 Å². The van der Waals surface area contributed by atoms with Crippen molar-refractivity contribution in [3.8, 4) is 0 Å². The molecule has 24 heavy (non-hydrogen) atoms. The number of nitrogens with zero attached hydrogens (tertiary/aromatic N) is 3. The summed E-state index contributed by atoms with van der Waals surface area (Å²) in [7, 11) is 0. The first-order valence-corrected chi connectivity index (χ1v) is 8.72. The molecule has 0 aliphatic carbocycles. The number of rotatable bonds is 9. The third kappa shape index (κ3) is 9.42. The molecule has 1 rings (SSSR count). The van der Waals surface area contributed by atoms with E-state index in [4.69, 9.17) is 0 Å². The molecule has 0 saturated heterocycles. The van der Waals surface area contributed by atoms with E-state index in [0.717, 1.165) is 37.7 Å². The van der Waals surface area contributed by atoms with Crippen LogP contribution in [-0.4, -0.2) is 47.6 Å². The van der Waals surface area contributed by atoms with Gasteiger partial charge in [-0.15, -0.1) is 24.0 Å². The third-order valence-electron chi connectivity index (χ3n) is 3.68. The molecule has 6 heteroatoms. The zero-order valence-electron chi connectivity index (χ0n) is 15.7. The zero-order valence-corrected chi connectivity index (χ0v) is 18.1. The first-order chi connectivity index (χ1) is 11.0. The minimum absolute atomic E-state index is 0. The molecule has 1 aromatic heterocycles. The molecule has 0 spiro atoms. The summed E-state index contributed by atoms with van der Waals surface area (Å²) >= 11 is 0. The van der Waals surface area contributed by atoms with Crippen molar-refractivity contribution in [1.29, 1.82) is 0 Å². The standard InChI is InChI=1S/C18H33N5.HI/c1-6-19-18(22-14-17-10-7-8-11-20-17)21-12-9-13-23(15(2)3)16(4)5;/h7-8,10-11,15-16H,6,9,12-14H2,1-5H3,(H2,19,21,22);1H. The average molecular weight is 447 g/mol. The molecule has 0 aliphatic rings. The number of pyridine rings is 1. The summed E-state index contributed by atoms with van der Waals surface area (Å²) < 4.78 is 0. The van der Waals surface area contributed by atoms with Crippen LogP contribution in [0.5, 0.6) is 0 Å². The van der Waals surface area contributed by atoms with Crippen LogP contribution in [0, 0.1) is 0 Å². The second-order valence-electron chi connectivity index (χ2n) is 6.22. The van der Waals surface area contributed by atoms with Crippen LogP contribution in [-0.2, 0) is 6.54 Å². The van der Waals surface area contributed by atoms with Gasteiger partial charge in [-0.3, -0.25) is 9.88 Å². The number of hydrogen-bond donors (Lipinski definition) is 2. The number of hydrogen-bond acceptors (Lipinski definition) is 3. The Labute approximate surface area is 164 Å². The van der Waals surface area contributed by atoms with Gasteiger partial charge in [0.15, 0.2) is 5.96 Å². The number of aromatic nitrogens is 1. The van der Waals surface area contributed by atoms with Gasteiger partial charge in [-0.05, 0) is 53.2 Å². The molecular formula is C18H34IN5. The fourth-order valence-corrected chi connectivity index (χ4v) is 2.57. The monoisotopic (exact) mass is 447 g/mol. The van der Waals surface area contributed by atoms with Crippen molar-refractivity contribution in [2.24, 2.45) is 4.99 Å². The highest BCUT2D eigenvalue weighted by atomic mass is 127. The molecule has 0 saturated carbocycles. The van der Waals surface area contributed by atoms with Crippen molar-refractivity contribution in [1.82, 2.24) is 20.5 Å². The van der Waals surface area contributed by atoms with Gasteiger partial charge in [0, 0.05) is 37.9 Å². The Balaban J connectivity index is 0.00000529. The Kier molecular flexibility index (Phi) is 12.9. The maximum atomic E-state index is 4.59. The van der Waals surface area contributed by atoms with E-state index in [1.807, 2.05) is 18.2 Å². The largest absolute Gasteiger partial charge is 0.357 e. The minimum Gasteiger partial charge on any atom is -0.357 e. The van der Waals surface area contributed by atoms with Crippen molar-refractivity contribution in [2.45, 2.75) is 59.7 Å². The van der Waals surface area contributed by atoms with E-state index >= 15 is 0 Å². The van der Waals surface area contributed by atoms with Gasteiger partial charge in [-0.25, -0.2) is 4.99 Å². The Morgan fingerprint density at radius 2 is 1.88 bits per heavy atom. The average Bonchev–Trinajstić information content (AvgIpc) is 2.52. The van der Waals surface area contributed by atoms with Crippen molar-refractivity contribution in [2.75, 3.05) is 19.6 Å². The Bertz CT molecular complexity index is 440. The number of halogens is 1. The molecule has 0 unspecified atom stereocenters. The Hall–Kier alpha value is -0.890. The highest BCUT2D eigenvalue weighted by Gasteiger charge is 2.12. The quantitative estimate of drug-likeness (QED) is 0.264. The highest BCUT2D eigenvalue weighted by molar-refractivity contribution is 14.0. The van der Waals surface area contributed by atoms with Crippen molar-refractivity contribution in [3.63, 3.8) is 0 Å². The van der Waals surface area contributed by atoms with Crippen LogP contribution in [0.1, 0.15) is 46.7 Å². The molecule has 1 heterocycles. The van der Waals surface area contributed by atoms with Gasteiger partial charge in [0.1, 0.15) is 0 Å². The van der Waals surface area contributed by atoms with Crippen LogP contribution in [0.25, 0.3) is 0 Å². The molecule has 0 fully saturated rings. The van der Waals surface area contributed by atoms with Crippen molar-refractivity contribution >= 4 is 29.9 Å². The molecule has 0 atom stereocenters. The van der Waals surface area contributed by atoms with Gasteiger partial charge < -0.3 is 10.6 Å². The van der Waals surface area contributed by atoms with Crippen LogP contribution >= 0.6 is 24.0 Å². The maximum Gasteiger partial charge on any atom is 0.191 e. The van der Waals surface area contributed by atoms with Gasteiger partial charge in [0.25, 0.3) is 0 Å². The molecule has 0 bridgehead atoms. The van der Waals surface area contributed by atoms with E-state index in [1.165, 1.54) is 0 Å². The van der Waals surface area contributed by atoms with Crippen molar-refractivity contribution < 1.29 is 0 Å². The first kappa shape index (κ1) is 23.1. The summed E-state index contributed by atoms with van der Waals surface area (Å²) in [6.07, 6.45) is 2.90. The van der Waals surface area contributed by atoms with Gasteiger partial charge in [0.2, 0.25) is 0 Å². The lowest BCUT2D eigenvalue weighted by atomic mass is 10.2. The maximum absolute atomic E-state index is 4.59. The highest BCUT2D eigenvalue weighted by Crippen LogP contribution is 2.05. The summed E-state index contributed by atoms with van der Waals surface area (Å²) in [6.45, 7) is 14.6. The van der Waals surface area contributed by atoms with Gasteiger partial charge in [-0.1, -0.05) is 6.07 Å². The summed E-state index contributed by atoms with van der Waals surface area (Å²) in [4.78, 5) is 11.4. The van der Waals surface area contributed by atoms with Gasteiger partial charge >= 0.3 is 0 Å². The Morgan fingerprint density at radius 1 is 1.17 bits per heavy atom. The molecule has 5 nitrogen and oxygen atoms in total. The van der Waals surface area contributed by atoms with E-state index in [1.54, 1.807) is 6.20 Å². The van der Waals surface area contributed by atoms with E-state index in [-0.39, 0.29) is 24.0 Å². The molecule has 0 radical (unpaired) electrons. The molecule has 138 valence electrons. The molecule has 0 aromatic carbocycles. The predicted octanol–water partition coefficient (Wildman–Crippen LogP) is 3.26. The Morgan fingerprint density at radius 3 is 2.42 bits per heavy atom. The summed E-state index contributed by atoms with van der Waals surface area (Å²) in [6, 6.07) is 7.08. The topological polar surface area (TPSA) is 52.6 Å². The van der Waals surface area contributed by atoms with E-state index < -0.39 is 0 Å². The smallest absolute Gasteiger partial charge is 0.191 e. The zero-order chi connectivity index (χ0) is 17.1. The van der Waals surface area contributed by atoms with E-state index in [2.05, 4.69) is 60.1 Å². The molecule has 0 amide bonds. The molecule has 1 aromatic rings. The fourth-order valence-electron chi connectivity index (χ4n) is 2.57. The molecular weight excluding hydrogens is 413 g/mol. The lowest BCUT2D eigenvalue weighted by Gasteiger charge is -2.30. The number of guanidine groups is 1. The third-order valence-corrected chi connectivity index (χ3v) is 3.68. The van der Waals surface area contributed by atoms with Crippen LogP contribution in [0.4, 0.5) is 0 Å². The lowest BCUT2D eigenvalue weighted by molar-refractivity contribution is 0.173. The van der Waals surface area contributed by atoms with Crippen molar-refractivity contribution in [3.05, 3.63) is 30.1 Å². The summed E-state index contributed by atoms with van der Waals surface area (Å²) in [5.41, 5.74) is 0.982. The first-order valence-electron chi connectivity index (χ1n) is 8.72. The van der Waals surface area contributed by atoms with Crippen LogP contribution in [0.2, 0.25) is 0 Å². The minimum atomic E-state index is 0. The summed E-state index contributed by atoms with van der Waals surface area (Å²) in [5.74, 6) is 0.860.